The Balaban J connectivity index is 2.05. The van der Waals surface area contributed by atoms with E-state index in [1.54, 1.807) is 18.7 Å². The van der Waals surface area contributed by atoms with Gasteiger partial charge < -0.3 is 15.3 Å². The third kappa shape index (κ3) is 3.61. The summed E-state index contributed by atoms with van der Waals surface area (Å²) in [5, 5.41) is 12.0. The number of hydrogen-bond donors (Lipinski definition) is 2. The van der Waals surface area contributed by atoms with Crippen molar-refractivity contribution in [2.24, 2.45) is 5.92 Å². The molecule has 21 heavy (non-hydrogen) atoms. The van der Waals surface area contributed by atoms with Crippen LogP contribution in [0.2, 0.25) is 0 Å². The number of nitrogens with zero attached hydrogens (tertiary/aromatic N) is 1. The number of carbonyl (C=O) groups excluding carboxylic acids is 2. The Labute approximate surface area is 125 Å². The summed E-state index contributed by atoms with van der Waals surface area (Å²) in [5.74, 6) is -0.595. The van der Waals surface area contributed by atoms with Crippen LogP contribution in [0.5, 0.6) is 0 Å². The van der Waals surface area contributed by atoms with Gasteiger partial charge in [0.15, 0.2) is 0 Å². The predicted octanol–water partition coefficient (Wildman–Crippen LogP) is 1.24. The zero-order valence-corrected chi connectivity index (χ0v) is 12.7. The van der Waals surface area contributed by atoms with Crippen molar-refractivity contribution in [3.63, 3.8) is 0 Å². The van der Waals surface area contributed by atoms with Gasteiger partial charge in [0.25, 0.3) is 0 Å². The lowest BCUT2D eigenvalue weighted by Gasteiger charge is -2.25. The molecule has 114 valence electrons. The van der Waals surface area contributed by atoms with Gasteiger partial charge >= 0.3 is 0 Å². The summed E-state index contributed by atoms with van der Waals surface area (Å²) in [6.45, 7) is 5.73. The predicted molar refractivity (Wildman–Crippen MR) is 80.9 cm³/mol. The first-order valence-electron chi connectivity index (χ1n) is 7.12. The first-order valence-corrected chi connectivity index (χ1v) is 7.12. The van der Waals surface area contributed by atoms with E-state index in [4.69, 9.17) is 0 Å². The minimum atomic E-state index is -0.669. The molecule has 0 radical (unpaired) electrons. The molecule has 2 N–H and O–H groups in total. The van der Waals surface area contributed by atoms with Crippen LogP contribution in [-0.2, 0) is 9.59 Å². The molecule has 5 heteroatoms. The van der Waals surface area contributed by atoms with Crippen molar-refractivity contribution in [1.82, 2.24) is 5.32 Å². The van der Waals surface area contributed by atoms with Crippen LogP contribution in [0.1, 0.15) is 25.8 Å². The average Bonchev–Trinajstić information content (AvgIpc) is 2.81. The van der Waals surface area contributed by atoms with Crippen LogP contribution in [-0.4, -0.2) is 35.6 Å². The van der Waals surface area contributed by atoms with E-state index in [0.29, 0.717) is 6.54 Å². The molecule has 0 spiro atoms. The van der Waals surface area contributed by atoms with Crippen molar-refractivity contribution in [2.75, 3.05) is 18.1 Å². The molecule has 0 aliphatic carbocycles. The molecule has 1 aromatic rings. The second-order valence-corrected chi connectivity index (χ2v) is 6.27. The fraction of sp³-hybridized carbons (Fsp3) is 0.500. The van der Waals surface area contributed by atoms with Crippen molar-refractivity contribution in [2.45, 2.75) is 32.7 Å². The molecule has 0 saturated carbocycles. The van der Waals surface area contributed by atoms with Gasteiger partial charge in [-0.1, -0.05) is 17.7 Å². The van der Waals surface area contributed by atoms with Gasteiger partial charge in [0.2, 0.25) is 11.8 Å². The van der Waals surface area contributed by atoms with E-state index >= 15 is 0 Å². The Bertz CT molecular complexity index is 537. The zero-order chi connectivity index (χ0) is 15.6. The molecule has 0 bridgehead atoms. The van der Waals surface area contributed by atoms with Crippen LogP contribution in [0.3, 0.4) is 0 Å². The van der Waals surface area contributed by atoms with Crippen LogP contribution in [0, 0.1) is 12.8 Å². The normalized spacial score (nSPS) is 19.0. The van der Waals surface area contributed by atoms with E-state index in [1.165, 1.54) is 0 Å². The number of carbonyl (C=O) groups is 2. The van der Waals surface area contributed by atoms with Gasteiger partial charge in [-0.3, -0.25) is 9.59 Å². The summed E-state index contributed by atoms with van der Waals surface area (Å²) >= 11 is 0. The molecule has 2 amide bonds. The van der Waals surface area contributed by atoms with Gasteiger partial charge in [-0.05, 0) is 32.9 Å². The summed E-state index contributed by atoms with van der Waals surface area (Å²) in [5.41, 5.74) is 1.28. The molecule has 2 rings (SSSR count). The number of amides is 2. The Hall–Kier alpha value is -1.88. The Kier molecular flexibility index (Phi) is 4.32. The fourth-order valence-electron chi connectivity index (χ4n) is 2.33. The van der Waals surface area contributed by atoms with Crippen LogP contribution in [0.25, 0.3) is 0 Å². The first kappa shape index (κ1) is 15.5. The third-order valence-corrected chi connectivity index (χ3v) is 3.70. The van der Waals surface area contributed by atoms with Crippen molar-refractivity contribution in [3.05, 3.63) is 29.8 Å². The molecule has 1 atom stereocenters. The molecule has 1 aliphatic heterocycles. The number of aryl methyl sites for hydroxylation is 1. The summed E-state index contributed by atoms with van der Waals surface area (Å²) in [7, 11) is 0. The monoisotopic (exact) mass is 290 g/mol. The highest BCUT2D eigenvalue weighted by Crippen LogP contribution is 2.25. The number of anilines is 1. The number of aliphatic hydroxyl groups excluding tert-OH is 1. The number of rotatable bonds is 4. The molecule has 1 aromatic carbocycles. The number of aliphatic hydroxyl groups is 1. The number of nitrogens with one attached hydrogen (secondary N) is 1. The van der Waals surface area contributed by atoms with Gasteiger partial charge in [-0.2, -0.15) is 0 Å². The number of hydrogen-bond acceptors (Lipinski definition) is 3. The maximum Gasteiger partial charge on any atom is 0.227 e. The van der Waals surface area contributed by atoms with E-state index in [1.807, 2.05) is 31.2 Å². The van der Waals surface area contributed by atoms with Gasteiger partial charge in [-0.25, -0.2) is 0 Å². The fourth-order valence-corrected chi connectivity index (χ4v) is 2.33. The summed E-state index contributed by atoms with van der Waals surface area (Å²) in [4.78, 5) is 25.9. The summed E-state index contributed by atoms with van der Waals surface area (Å²) in [6.07, 6.45) is 0.210. The van der Waals surface area contributed by atoms with Crippen LogP contribution >= 0.6 is 0 Å². The van der Waals surface area contributed by atoms with E-state index < -0.39 is 5.54 Å². The summed E-state index contributed by atoms with van der Waals surface area (Å²) < 4.78 is 0. The molecule has 1 unspecified atom stereocenters. The molecular formula is C16H22N2O3. The van der Waals surface area contributed by atoms with Crippen LogP contribution in [0.4, 0.5) is 5.69 Å². The second kappa shape index (κ2) is 5.85. The molecule has 5 nitrogen and oxygen atoms in total. The van der Waals surface area contributed by atoms with Gasteiger partial charge in [0.1, 0.15) is 0 Å². The van der Waals surface area contributed by atoms with Gasteiger partial charge in [-0.15, -0.1) is 0 Å². The Morgan fingerprint density at radius 3 is 2.57 bits per heavy atom. The maximum absolute atomic E-state index is 12.2. The Morgan fingerprint density at radius 1 is 1.38 bits per heavy atom. The van der Waals surface area contributed by atoms with Crippen molar-refractivity contribution in [3.8, 4) is 0 Å². The van der Waals surface area contributed by atoms with E-state index in [2.05, 4.69) is 5.32 Å². The Morgan fingerprint density at radius 2 is 2.00 bits per heavy atom. The van der Waals surface area contributed by atoms with Gasteiger partial charge in [0.05, 0.1) is 18.1 Å². The minimum Gasteiger partial charge on any atom is -0.394 e. The van der Waals surface area contributed by atoms with Crippen molar-refractivity contribution in [1.29, 1.82) is 0 Å². The van der Waals surface area contributed by atoms with Crippen LogP contribution < -0.4 is 10.2 Å². The first-order chi connectivity index (χ1) is 9.82. The average molecular weight is 290 g/mol. The third-order valence-electron chi connectivity index (χ3n) is 3.70. The van der Waals surface area contributed by atoms with E-state index in [0.717, 1.165) is 11.3 Å². The molecule has 0 aromatic heterocycles. The highest BCUT2D eigenvalue weighted by Gasteiger charge is 2.36. The SMILES string of the molecule is Cc1ccc(N2CC(C(=O)NC(C)(C)CO)CC2=O)cc1. The lowest BCUT2D eigenvalue weighted by Crippen LogP contribution is -2.49. The smallest absolute Gasteiger partial charge is 0.227 e. The second-order valence-electron chi connectivity index (χ2n) is 6.27. The summed E-state index contributed by atoms with van der Waals surface area (Å²) in [6, 6.07) is 7.69. The van der Waals surface area contributed by atoms with E-state index in [-0.39, 0.29) is 30.8 Å². The minimum absolute atomic E-state index is 0.0409. The topological polar surface area (TPSA) is 69.6 Å². The largest absolute Gasteiger partial charge is 0.394 e. The molecule has 1 fully saturated rings. The lowest BCUT2D eigenvalue weighted by molar-refractivity contribution is -0.128. The van der Waals surface area contributed by atoms with Crippen LogP contribution in [0.15, 0.2) is 24.3 Å². The molecular weight excluding hydrogens is 268 g/mol. The number of benzene rings is 1. The zero-order valence-electron chi connectivity index (χ0n) is 12.7. The molecule has 1 heterocycles. The lowest BCUT2D eigenvalue weighted by atomic mass is 10.0. The quantitative estimate of drug-likeness (QED) is 0.876. The van der Waals surface area contributed by atoms with E-state index in [9.17, 15) is 14.7 Å². The molecule has 1 aliphatic rings. The maximum atomic E-state index is 12.2. The van der Waals surface area contributed by atoms with Crippen molar-refractivity contribution >= 4 is 17.5 Å². The highest BCUT2D eigenvalue weighted by molar-refractivity contribution is 6.00. The van der Waals surface area contributed by atoms with Crippen molar-refractivity contribution < 1.29 is 14.7 Å². The standard InChI is InChI=1S/C16H22N2O3/c1-11-4-6-13(7-5-11)18-9-12(8-14(18)20)15(21)17-16(2,3)10-19/h4-7,12,19H,8-10H2,1-3H3,(H,17,21). The van der Waals surface area contributed by atoms with Gasteiger partial charge in [0, 0.05) is 18.7 Å². The molecule has 1 saturated heterocycles. The highest BCUT2D eigenvalue weighted by atomic mass is 16.3.